The van der Waals surface area contributed by atoms with Gasteiger partial charge in [0, 0.05) is 40.3 Å². The third kappa shape index (κ3) is 3.20. The molecule has 1 aliphatic carbocycles. The first kappa shape index (κ1) is 13.7. The van der Waals surface area contributed by atoms with Crippen molar-refractivity contribution in [3.8, 4) is 0 Å². The standard InChI is InChI=1S/C12H18ClN3OS/c1-7(18(3)17)6-14-11-8(2)10(13)15-12(16-11)9-4-5-9/h7,9H,4-6H2,1-3H3,(H,14,15,16). The van der Waals surface area contributed by atoms with E-state index in [0.717, 1.165) is 30.0 Å². The molecule has 0 aliphatic heterocycles. The van der Waals surface area contributed by atoms with E-state index in [1.54, 1.807) is 6.26 Å². The van der Waals surface area contributed by atoms with E-state index in [1.807, 2.05) is 13.8 Å². The first-order valence-corrected chi connectivity index (χ1v) is 8.09. The van der Waals surface area contributed by atoms with Crippen LogP contribution < -0.4 is 5.32 Å². The Hall–Kier alpha value is -0.680. The topological polar surface area (TPSA) is 54.9 Å². The number of hydrogen-bond donors (Lipinski definition) is 1. The zero-order valence-corrected chi connectivity index (χ0v) is 12.4. The van der Waals surface area contributed by atoms with E-state index in [1.165, 1.54) is 0 Å². The van der Waals surface area contributed by atoms with Gasteiger partial charge in [-0.1, -0.05) is 11.6 Å². The van der Waals surface area contributed by atoms with Gasteiger partial charge in [0.15, 0.2) is 0 Å². The van der Waals surface area contributed by atoms with Crippen LogP contribution in [-0.2, 0) is 10.8 Å². The van der Waals surface area contributed by atoms with Crippen molar-refractivity contribution >= 4 is 28.2 Å². The maximum atomic E-state index is 11.3. The van der Waals surface area contributed by atoms with Gasteiger partial charge in [-0.15, -0.1) is 0 Å². The molecule has 1 fully saturated rings. The molecule has 1 N–H and O–H groups in total. The Morgan fingerprint density at radius 1 is 1.50 bits per heavy atom. The van der Waals surface area contributed by atoms with Gasteiger partial charge in [0.25, 0.3) is 0 Å². The average Bonchev–Trinajstić information content (AvgIpc) is 3.14. The summed E-state index contributed by atoms with van der Waals surface area (Å²) in [4.78, 5) is 8.83. The van der Waals surface area contributed by atoms with Gasteiger partial charge in [0.05, 0.1) is 0 Å². The third-order valence-electron chi connectivity index (χ3n) is 3.17. The summed E-state index contributed by atoms with van der Waals surface area (Å²) in [5.41, 5.74) is 0.857. The Kier molecular flexibility index (Phi) is 4.22. The normalized spacial score (nSPS) is 18.4. The van der Waals surface area contributed by atoms with Gasteiger partial charge in [-0.05, 0) is 26.7 Å². The molecule has 4 nitrogen and oxygen atoms in total. The predicted molar refractivity (Wildman–Crippen MR) is 75.8 cm³/mol. The number of rotatable bonds is 5. The minimum absolute atomic E-state index is 0.0857. The van der Waals surface area contributed by atoms with Gasteiger partial charge in [0.2, 0.25) is 0 Å². The Morgan fingerprint density at radius 3 is 2.72 bits per heavy atom. The third-order valence-corrected chi connectivity index (χ3v) is 4.84. The minimum atomic E-state index is -0.837. The molecular weight excluding hydrogens is 270 g/mol. The second-order valence-corrected chi connectivity index (χ2v) is 6.97. The molecule has 2 unspecified atom stereocenters. The highest BCUT2D eigenvalue weighted by molar-refractivity contribution is 7.84. The van der Waals surface area contributed by atoms with Crippen molar-refractivity contribution < 1.29 is 4.21 Å². The highest BCUT2D eigenvalue weighted by atomic mass is 35.5. The number of hydrogen-bond acceptors (Lipinski definition) is 4. The molecule has 0 saturated heterocycles. The Balaban J connectivity index is 2.13. The van der Waals surface area contributed by atoms with Crippen LogP contribution in [0.1, 0.15) is 37.1 Å². The fourth-order valence-electron chi connectivity index (χ4n) is 1.56. The highest BCUT2D eigenvalue weighted by Gasteiger charge is 2.28. The maximum absolute atomic E-state index is 11.3. The molecular formula is C12H18ClN3OS. The molecule has 1 aromatic heterocycles. The molecule has 0 spiro atoms. The predicted octanol–water partition coefficient (Wildman–Crippen LogP) is 2.49. The largest absolute Gasteiger partial charge is 0.369 e. The Labute approximate surface area is 115 Å². The number of nitrogens with one attached hydrogen (secondary N) is 1. The van der Waals surface area contributed by atoms with Crippen molar-refractivity contribution in [3.63, 3.8) is 0 Å². The van der Waals surface area contributed by atoms with Gasteiger partial charge < -0.3 is 5.32 Å². The van der Waals surface area contributed by atoms with E-state index in [9.17, 15) is 4.21 Å². The van der Waals surface area contributed by atoms with Gasteiger partial charge in [-0.2, -0.15) is 0 Å². The first-order valence-electron chi connectivity index (χ1n) is 6.09. The van der Waals surface area contributed by atoms with Crippen LogP contribution in [0.4, 0.5) is 5.82 Å². The van der Waals surface area contributed by atoms with E-state index >= 15 is 0 Å². The molecule has 0 aromatic carbocycles. The summed E-state index contributed by atoms with van der Waals surface area (Å²) in [5, 5.41) is 3.83. The van der Waals surface area contributed by atoms with E-state index in [-0.39, 0.29) is 5.25 Å². The molecule has 1 heterocycles. The van der Waals surface area contributed by atoms with Crippen molar-refractivity contribution in [3.05, 3.63) is 16.5 Å². The van der Waals surface area contributed by atoms with Gasteiger partial charge >= 0.3 is 0 Å². The van der Waals surface area contributed by atoms with E-state index < -0.39 is 10.8 Å². The number of halogens is 1. The van der Waals surface area contributed by atoms with Crippen LogP contribution in [-0.4, -0.2) is 32.2 Å². The van der Waals surface area contributed by atoms with Crippen LogP contribution in [0.3, 0.4) is 0 Å². The van der Waals surface area contributed by atoms with Crippen molar-refractivity contribution in [2.45, 2.75) is 37.9 Å². The molecule has 1 aliphatic rings. The summed E-state index contributed by atoms with van der Waals surface area (Å²) in [7, 11) is -0.837. The molecule has 2 atom stereocenters. The molecule has 2 rings (SSSR count). The molecule has 100 valence electrons. The van der Waals surface area contributed by atoms with Crippen molar-refractivity contribution in [2.75, 3.05) is 18.1 Å². The summed E-state index contributed by atoms with van der Waals surface area (Å²) >= 11 is 6.12. The van der Waals surface area contributed by atoms with E-state index in [4.69, 9.17) is 11.6 Å². The summed E-state index contributed by atoms with van der Waals surface area (Å²) in [6, 6.07) is 0. The van der Waals surface area contributed by atoms with Gasteiger partial charge in [0.1, 0.15) is 16.8 Å². The lowest BCUT2D eigenvalue weighted by Crippen LogP contribution is -2.22. The van der Waals surface area contributed by atoms with Gasteiger partial charge in [-0.3, -0.25) is 4.21 Å². The van der Waals surface area contributed by atoms with Crippen molar-refractivity contribution in [2.24, 2.45) is 0 Å². The summed E-state index contributed by atoms with van der Waals surface area (Å²) in [6.07, 6.45) is 4.00. The van der Waals surface area contributed by atoms with Crippen LogP contribution >= 0.6 is 11.6 Å². The SMILES string of the molecule is Cc1c(Cl)nc(C2CC2)nc1NCC(C)S(C)=O. The van der Waals surface area contributed by atoms with Crippen LogP contribution in [0.5, 0.6) is 0 Å². The number of aromatic nitrogens is 2. The number of nitrogens with zero attached hydrogens (tertiary/aromatic N) is 2. The fourth-order valence-corrected chi connectivity index (χ4v) is 2.05. The van der Waals surface area contributed by atoms with Crippen LogP contribution in [0, 0.1) is 6.92 Å². The second kappa shape index (κ2) is 5.53. The van der Waals surface area contributed by atoms with Crippen molar-refractivity contribution in [1.82, 2.24) is 9.97 Å². The minimum Gasteiger partial charge on any atom is -0.369 e. The summed E-state index contributed by atoms with van der Waals surface area (Å²) in [5.74, 6) is 2.08. The summed E-state index contributed by atoms with van der Waals surface area (Å²) in [6.45, 7) is 4.47. The van der Waals surface area contributed by atoms with Crippen molar-refractivity contribution in [1.29, 1.82) is 0 Å². The molecule has 1 saturated carbocycles. The Morgan fingerprint density at radius 2 is 2.17 bits per heavy atom. The van der Waals surface area contributed by atoms with Crippen LogP contribution in [0.2, 0.25) is 5.15 Å². The fraction of sp³-hybridized carbons (Fsp3) is 0.667. The monoisotopic (exact) mass is 287 g/mol. The Bertz CT molecular complexity index is 477. The summed E-state index contributed by atoms with van der Waals surface area (Å²) < 4.78 is 11.3. The zero-order chi connectivity index (χ0) is 13.3. The van der Waals surface area contributed by atoms with Gasteiger partial charge in [-0.25, -0.2) is 9.97 Å². The lowest BCUT2D eigenvalue weighted by Gasteiger charge is -2.13. The molecule has 0 radical (unpaired) electrons. The van der Waals surface area contributed by atoms with E-state index in [2.05, 4.69) is 15.3 Å². The molecule has 18 heavy (non-hydrogen) atoms. The molecule has 0 bridgehead atoms. The highest BCUT2D eigenvalue weighted by Crippen LogP contribution is 2.39. The average molecular weight is 288 g/mol. The lowest BCUT2D eigenvalue weighted by atomic mass is 10.3. The van der Waals surface area contributed by atoms with Crippen LogP contribution in [0.25, 0.3) is 0 Å². The molecule has 1 aromatic rings. The molecule has 6 heteroatoms. The second-order valence-electron chi connectivity index (χ2n) is 4.81. The lowest BCUT2D eigenvalue weighted by molar-refractivity contribution is 0.678. The first-order chi connectivity index (χ1) is 8.49. The molecule has 0 amide bonds. The quantitative estimate of drug-likeness (QED) is 0.846. The number of anilines is 1. The van der Waals surface area contributed by atoms with Crippen LogP contribution in [0.15, 0.2) is 0 Å². The maximum Gasteiger partial charge on any atom is 0.137 e. The zero-order valence-electron chi connectivity index (χ0n) is 10.9. The van der Waals surface area contributed by atoms with E-state index in [0.29, 0.717) is 17.6 Å². The smallest absolute Gasteiger partial charge is 0.137 e.